The first-order valence-electron chi connectivity index (χ1n) is 6.46. The Bertz CT molecular complexity index is 786. The molecule has 1 aromatic heterocycles. The number of hydrogen-bond donors (Lipinski definition) is 1. The molecule has 0 saturated heterocycles. The number of carboxylic acids is 1. The predicted molar refractivity (Wildman–Crippen MR) is 79.9 cm³/mol. The molecule has 102 valence electrons. The van der Waals surface area contributed by atoms with Gasteiger partial charge >= 0.3 is 5.97 Å². The second-order valence-corrected chi connectivity index (χ2v) is 4.47. The van der Waals surface area contributed by atoms with Gasteiger partial charge in [-0.05, 0) is 23.3 Å². The molecule has 0 fully saturated rings. The molecule has 21 heavy (non-hydrogen) atoms. The number of rotatable bonds is 3. The van der Waals surface area contributed by atoms with E-state index in [1.165, 1.54) is 0 Å². The van der Waals surface area contributed by atoms with Crippen molar-refractivity contribution in [2.45, 2.75) is 0 Å². The average Bonchev–Trinajstić information content (AvgIpc) is 2.55. The molecule has 3 aromatic rings. The lowest BCUT2D eigenvalue weighted by Crippen LogP contribution is -2.00. The highest BCUT2D eigenvalue weighted by Gasteiger charge is 2.15. The molecule has 0 aliphatic carbocycles. The Morgan fingerprint density at radius 1 is 0.762 bits per heavy atom. The maximum Gasteiger partial charge on any atom is 0.336 e. The van der Waals surface area contributed by atoms with Gasteiger partial charge in [0.15, 0.2) is 5.82 Å². The number of hydrogen-bond acceptors (Lipinski definition) is 3. The van der Waals surface area contributed by atoms with Crippen molar-refractivity contribution in [3.05, 3.63) is 72.6 Å². The quantitative estimate of drug-likeness (QED) is 0.795. The minimum Gasteiger partial charge on any atom is -0.478 e. The van der Waals surface area contributed by atoms with Crippen LogP contribution in [0.25, 0.3) is 22.5 Å². The van der Waals surface area contributed by atoms with Crippen molar-refractivity contribution in [2.75, 3.05) is 0 Å². The monoisotopic (exact) mass is 276 g/mol. The Kier molecular flexibility index (Phi) is 3.43. The number of benzene rings is 2. The summed E-state index contributed by atoms with van der Waals surface area (Å²) in [5, 5.41) is 9.36. The van der Waals surface area contributed by atoms with Crippen molar-refractivity contribution in [1.82, 2.24) is 9.97 Å². The fraction of sp³-hybridized carbons (Fsp3) is 0. The predicted octanol–water partition coefficient (Wildman–Crippen LogP) is 3.51. The summed E-state index contributed by atoms with van der Waals surface area (Å²) in [5.41, 5.74) is 2.54. The summed E-state index contributed by atoms with van der Waals surface area (Å²) in [4.78, 5) is 19.9. The van der Waals surface area contributed by atoms with Crippen molar-refractivity contribution < 1.29 is 9.90 Å². The third-order valence-electron chi connectivity index (χ3n) is 3.18. The van der Waals surface area contributed by atoms with Gasteiger partial charge in [0.25, 0.3) is 0 Å². The van der Waals surface area contributed by atoms with Crippen LogP contribution in [0.3, 0.4) is 0 Å². The van der Waals surface area contributed by atoms with E-state index in [1.54, 1.807) is 36.7 Å². The normalized spacial score (nSPS) is 10.3. The largest absolute Gasteiger partial charge is 0.478 e. The molecular weight excluding hydrogens is 264 g/mol. The molecule has 4 nitrogen and oxygen atoms in total. The second kappa shape index (κ2) is 5.54. The van der Waals surface area contributed by atoms with E-state index in [1.807, 2.05) is 30.3 Å². The maximum absolute atomic E-state index is 11.4. The van der Waals surface area contributed by atoms with Crippen molar-refractivity contribution in [2.24, 2.45) is 0 Å². The Morgan fingerprint density at radius 3 is 2.00 bits per heavy atom. The lowest BCUT2D eigenvalue weighted by atomic mass is 9.95. The van der Waals surface area contributed by atoms with Gasteiger partial charge in [0.2, 0.25) is 0 Å². The van der Waals surface area contributed by atoms with Gasteiger partial charge in [-0.15, -0.1) is 0 Å². The molecule has 0 aliphatic heterocycles. The van der Waals surface area contributed by atoms with Gasteiger partial charge in [-0.2, -0.15) is 0 Å². The summed E-state index contributed by atoms with van der Waals surface area (Å²) in [6.07, 6.45) is 3.34. The minimum absolute atomic E-state index is 0.265. The Hall–Kier alpha value is -3.01. The van der Waals surface area contributed by atoms with E-state index < -0.39 is 5.97 Å². The highest BCUT2D eigenvalue weighted by Crippen LogP contribution is 2.32. The molecule has 1 N–H and O–H groups in total. The Morgan fingerprint density at radius 2 is 1.33 bits per heavy atom. The molecule has 2 aromatic carbocycles. The van der Waals surface area contributed by atoms with Gasteiger partial charge in [-0.3, -0.25) is 0 Å². The van der Waals surface area contributed by atoms with E-state index in [9.17, 15) is 9.90 Å². The zero-order valence-corrected chi connectivity index (χ0v) is 11.1. The molecule has 0 radical (unpaired) electrons. The number of aromatic carboxylic acids is 1. The van der Waals surface area contributed by atoms with E-state index in [0.717, 1.165) is 11.1 Å². The van der Waals surface area contributed by atoms with Crippen LogP contribution < -0.4 is 0 Å². The van der Waals surface area contributed by atoms with Gasteiger partial charge in [0.1, 0.15) is 0 Å². The van der Waals surface area contributed by atoms with Crippen molar-refractivity contribution in [3.63, 3.8) is 0 Å². The number of aromatic nitrogens is 2. The molecule has 1 heterocycles. The topological polar surface area (TPSA) is 63.1 Å². The summed E-state index contributed by atoms with van der Waals surface area (Å²) in [7, 11) is 0. The summed E-state index contributed by atoms with van der Waals surface area (Å²) in [6.45, 7) is 0. The summed E-state index contributed by atoms with van der Waals surface area (Å²) in [5.74, 6) is -0.373. The first kappa shape index (κ1) is 13.0. The fourth-order valence-electron chi connectivity index (χ4n) is 2.26. The van der Waals surface area contributed by atoms with Crippen LogP contribution >= 0.6 is 0 Å². The molecule has 0 aliphatic rings. The van der Waals surface area contributed by atoms with Crippen molar-refractivity contribution in [1.29, 1.82) is 0 Å². The number of carbonyl (C=O) groups is 1. The maximum atomic E-state index is 11.4. The van der Waals surface area contributed by atoms with Gasteiger partial charge in [-0.1, -0.05) is 42.5 Å². The summed E-state index contributed by atoms with van der Waals surface area (Å²) < 4.78 is 0. The van der Waals surface area contributed by atoms with E-state index >= 15 is 0 Å². The van der Waals surface area contributed by atoms with Crippen LogP contribution in [0.4, 0.5) is 0 Å². The fourth-order valence-corrected chi connectivity index (χ4v) is 2.26. The van der Waals surface area contributed by atoms with Crippen LogP contribution in [0, 0.1) is 0 Å². The zero-order chi connectivity index (χ0) is 14.7. The molecule has 0 saturated carbocycles. The SMILES string of the molecule is O=C(O)c1ccccc1-c1ccccc1-c1ncccn1. The minimum atomic E-state index is -0.950. The number of nitrogens with zero attached hydrogens (tertiary/aromatic N) is 2. The molecule has 0 amide bonds. The van der Waals surface area contributed by atoms with Crippen LogP contribution in [-0.2, 0) is 0 Å². The third-order valence-corrected chi connectivity index (χ3v) is 3.18. The third kappa shape index (κ3) is 2.51. The van der Waals surface area contributed by atoms with Gasteiger partial charge in [0.05, 0.1) is 5.56 Å². The van der Waals surface area contributed by atoms with Crippen molar-refractivity contribution in [3.8, 4) is 22.5 Å². The second-order valence-electron chi connectivity index (χ2n) is 4.47. The van der Waals surface area contributed by atoms with Crippen LogP contribution in [0.2, 0.25) is 0 Å². The van der Waals surface area contributed by atoms with Crippen LogP contribution in [-0.4, -0.2) is 21.0 Å². The van der Waals surface area contributed by atoms with Gasteiger partial charge in [0, 0.05) is 18.0 Å². The van der Waals surface area contributed by atoms with E-state index in [2.05, 4.69) is 9.97 Å². The van der Waals surface area contributed by atoms with E-state index in [-0.39, 0.29) is 5.56 Å². The van der Waals surface area contributed by atoms with Crippen molar-refractivity contribution >= 4 is 5.97 Å². The standard InChI is InChI=1S/C17H12N2O2/c20-17(21)15-9-4-2-7-13(15)12-6-1-3-8-14(12)16-18-10-5-11-19-16/h1-11H,(H,20,21). The molecule has 0 spiro atoms. The Balaban J connectivity index is 2.24. The van der Waals surface area contributed by atoms with Crippen LogP contribution in [0.1, 0.15) is 10.4 Å². The molecular formula is C17H12N2O2. The van der Waals surface area contributed by atoms with E-state index in [4.69, 9.17) is 0 Å². The molecule has 0 unspecified atom stereocenters. The highest BCUT2D eigenvalue weighted by molar-refractivity contribution is 5.98. The number of carboxylic acid groups (broad SMARTS) is 1. The highest BCUT2D eigenvalue weighted by atomic mass is 16.4. The summed E-state index contributed by atoms with van der Waals surface area (Å²) >= 11 is 0. The summed E-state index contributed by atoms with van der Waals surface area (Å²) in [6, 6.07) is 16.2. The van der Waals surface area contributed by atoms with Gasteiger partial charge in [-0.25, -0.2) is 14.8 Å². The average molecular weight is 276 g/mol. The molecule has 4 heteroatoms. The van der Waals surface area contributed by atoms with E-state index in [0.29, 0.717) is 11.4 Å². The zero-order valence-electron chi connectivity index (χ0n) is 11.1. The van der Waals surface area contributed by atoms with Gasteiger partial charge < -0.3 is 5.11 Å². The molecule has 3 rings (SSSR count). The molecule has 0 bridgehead atoms. The lowest BCUT2D eigenvalue weighted by Gasteiger charge is -2.10. The smallest absolute Gasteiger partial charge is 0.336 e. The molecule has 0 atom stereocenters. The Labute approximate surface area is 121 Å². The first-order chi connectivity index (χ1) is 10.3. The lowest BCUT2D eigenvalue weighted by molar-refractivity contribution is 0.0697. The van der Waals surface area contributed by atoms with Crippen LogP contribution in [0.15, 0.2) is 67.0 Å². The first-order valence-corrected chi connectivity index (χ1v) is 6.46. The van der Waals surface area contributed by atoms with Crippen LogP contribution in [0.5, 0.6) is 0 Å².